The zero-order valence-electron chi connectivity index (χ0n) is 12.1. The molecule has 3 heteroatoms. The Hall–Kier alpha value is -1.71. The van der Waals surface area contributed by atoms with Crippen molar-refractivity contribution in [1.29, 1.82) is 0 Å². The highest BCUT2D eigenvalue weighted by Gasteiger charge is 2.21. The van der Waals surface area contributed by atoms with Crippen molar-refractivity contribution in [3.05, 3.63) is 66.0 Å². The second kappa shape index (κ2) is 6.64. The van der Waals surface area contributed by atoms with Gasteiger partial charge >= 0.3 is 0 Å². The van der Waals surface area contributed by atoms with Gasteiger partial charge in [-0.15, -0.1) is 0 Å². The third-order valence-corrected chi connectivity index (χ3v) is 3.57. The van der Waals surface area contributed by atoms with Crippen LogP contribution in [0.2, 0.25) is 0 Å². The summed E-state index contributed by atoms with van der Waals surface area (Å²) in [5.74, 6) is 0. The van der Waals surface area contributed by atoms with Crippen LogP contribution < -0.4 is 5.32 Å². The first-order chi connectivity index (χ1) is 9.62. The lowest BCUT2D eigenvalue weighted by Crippen LogP contribution is -2.39. The number of aliphatic hydroxyl groups is 1. The highest BCUT2D eigenvalue weighted by atomic mass is 16.3. The fraction of sp³-hybridized carbons (Fsp3) is 0.353. The molecule has 2 N–H and O–H groups in total. The molecule has 0 bridgehead atoms. The monoisotopic (exact) mass is 270 g/mol. The number of nitrogens with zero attached hydrogens (tertiary/aromatic N) is 1. The standard InChI is InChI=1S/C17H22N2O/c1-3-17(2,20)13-19-16(14-9-5-4-6-10-14)15-11-7-8-12-18-15/h4-12,16,19-20H,3,13H2,1-2H3. The van der Waals surface area contributed by atoms with Crippen molar-refractivity contribution in [3.8, 4) is 0 Å². The molecule has 0 aliphatic heterocycles. The quantitative estimate of drug-likeness (QED) is 0.848. The lowest BCUT2D eigenvalue weighted by Gasteiger charge is -2.26. The van der Waals surface area contributed by atoms with Gasteiger partial charge in [0.15, 0.2) is 0 Å². The van der Waals surface area contributed by atoms with Gasteiger partial charge in [0.2, 0.25) is 0 Å². The van der Waals surface area contributed by atoms with Crippen molar-refractivity contribution in [2.24, 2.45) is 0 Å². The van der Waals surface area contributed by atoms with E-state index in [1.165, 1.54) is 0 Å². The van der Waals surface area contributed by atoms with Crippen molar-refractivity contribution >= 4 is 0 Å². The summed E-state index contributed by atoms with van der Waals surface area (Å²) in [5, 5.41) is 13.6. The highest BCUT2D eigenvalue weighted by molar-refractivity contribution is 5.27. The molecule has 20 heavy (non-hydrogen) atoms. The van der Waals surface area contributed by atoms with Gasteiger partial charge in [-0.3, -0.25) is 4.98 Å². The predicted octanol–water partition coefficient (Wildman–Crippen LogP) is 2.92. The lowest BCUT2D eigenvalue weighted by atomic mass is 9.99. The molecule has 0 saturated carbocycles. The molecule has 2 unspecified atom stereocenters. The van der Waals surface area contributed by atoms with E-state index in [1.807, 2.05) is 50.2 Å². The number of aromatic nitrogens is 1. The SMILES string of the molecule is CCC(C)(O)CNC(c1ccccc1)c1ccccn1. The Bertz CT molecular complexity index is 472. The first-order valence-electron chi connectivity index (χ1n) is 7.04. The van der Waals surface area contributed by atoms with Crippen LogP contribution in [0.4, 0.5) is 0 Å². The van der Waals surface area contributed by atoms with Crippen molar-refractivity contribution in [2.45, 2.75) is 31.9 Å². The molecular formula is C17H22N2O. The molecule has 0 aliphatic carbocycles. The summed E-state index contributed by atoms with van der Waals surface area (Å²) in [4.78, 5) is 4.44. The van der Waals surface area contributed by atoms with E-state index in [2.05, 4.69) is 22.4 Å². The molecule has 1 aromatic carbocycles. The first kappa shape index (κ1) is 14.7. The number of nitrogens with one attached hydrogen (secondary N) is 1. The maximum Gasteiger partial charge on any atom is 0.0752 e. The van der Waals surface area contributed by atoms with Gasteiger partial charge in [0.25, 0.3) is 0 Å². The van der Waals surface area contributed by atoms with Gasteiger partial charge in [-0.05, 0) is 31.0 Å². The number of hydrogen-bond acceptors (Lipinski definition) is 3. The van der Waals surface area contributed by atoms with Crippen LogP contribution in [0, 0.1) is 0 Å². The zero-order valence-corrected chi connectivity index (χ0v) is 12.1. The summed E-state index contributed by atoms with van der Waals surface area (Å²) < 4.78 is 0. The Kier molecular flexibility index (Phi) is 4.88. The van der Waals surface area contributed by atoms with Gasteiger partial charge in [-0.25, -0.2) is 0 Å². The molecule has 2 atom stereocenters. The average molecular weight is 270 g/mol. The lowest BCUT2D eigenvalue weighted by molar-refractivity contribution is 0.0539. The summed E-state index contributed by atoms with van der Waals surface area (Å²) >= 11 is 0. The highest BCUT2D eigenvalue weighted by Crippen LogP contribution is 2.21. The number of hydrogen-bond donors (Lipinski definition) is 2. The van der Waals surface area contributed by atoms with Crippen LogP contribution in [-0.4, -0.2) is 22.2 Å². The van der Waals surface area contributed by atoms with Gasteiger partial charge in [-0.1, -0.05) is 43.3 Å². The van der Waals surface area contributed by atoms with Gasteiger partial charge in [-0.2, -0.15) is 0 Å². The Morgan fingerprint density at radius 3 is 2.45 bits per heavy atom. The second-order valence-electron chi connectivity index (χ2n) is 5.33. The molecule has 0 fully saturated rings. The molecule has 0 aliphatic rings. The van der Waals surface area contributed by atoms with Crippen LogP contribution in [-0.2, 0) is 0 Å². The van der Waals surface area contributed by atoms with Crippen molar-refractivity contribution in [3.63, 3.8) is 0 Å². The molecule has 0 amide bonds. The van der Waals surface area contributed by atoms with Crippen LogP contribution in [0.1, 0.15) is 37.6 Å². The van der Waals surface area contributed by atoms with E-state index in [0.29, 0.717) is 13.0 Å². The fourth-order valence-corrected chi connectivity index (χ4v) is 2.03. The summed E-state index contributed by atoms with van der Waals surface area (Å²) in [6, 6.07) is 16.1. The topological polar surface area (TPSA) is 45.1 Å². The third kappa shape index (κ3) is 3.89. The molecule has 0 radical (unpaired) electrons. The van der Waals surface area contributed by atoms with E-state index in [1.54, 1.807) is 6.20 Å². The Labute approximate surface area is 120 Å². The molecule has 0 saturated heterocycles. The van der Waals surface area contributed by atoms with Crippen LogP contribution in [0.15, 0.2) is 54.7 Å². The third-order valence-electron chi connectivity index (χ3n) is 3.57. The maximum atomic E-state index is 10.2. The van der Waals surface area contributed by atoms with Gasteiger partial charge in [0.1, 0.15) is 0 Å². The zero-order chi connectivity index (χ0) is 14.4. The summed E-state index contributed by atoms with van der Waals surface area (Å²) in [6.45, 7) is 4.36. The molecule has 0 spiro atoms. The maximum absolute atomic E-state index is 10.2. The summed E-state index contributed by atoms with van der Waals surface area (Å²) in [5.41, 5.74) is 1.41. The van der Waals surface area contributed by atoms with Crippen molar-refractivity contribution in [2.75, 3.05) is 6.54 Å². The van der Waals surface area contributed by atoms with Crippen LogP contribution in [0.25, 0.3) is 0 Å². The first-order valence-corrected chi connectivity index (χ1v) is 7.04. The van der Waals surface area contributed by atoms with E-state index >= 15 is 0 Å². The van der Waals surface area contributed by atoms with E-state index in [9.17, 15) is 5.11 Å². The average Bonchev–Trinajstić information content (AvgIpc) is 2.49. The van der Waals surface area contributed by atoms with E-state index in [4.69, 9.17) is 0 Å². The second-order valence-corrected chi connectivity index (χ2v) is 5.33. The minimum atomic E-state index is -0.707. The van der Waals surface area contributed by atoms with Crippen LogP contribution in [0.3, 0.4) is 0 Å². The van der Waals surface area contributed by atoms with Crippen molar-refractivity contribution in [1.82, 2.24) is 10.3 Å². The van der Waals surface area contributed by atoms with Gasteiger partial charge < -0.3 is 10.4 Å². The van der Waals surface area contributed by atoms with Crippen LogP contribution >= 0.6 is 0 Å². The van der Waals surface area contributed by atoms with Crippen LogP contribution in [0.5, 0.6) is 0 Å². The Morgan fingerprint density at radius 2 is 1.85 bits per heavy atom. The number of benzene rings is 1. The Morgan fingerprint density at radius 1 is 1.15 bits per heavy atom. The molecular weight excluding hydrogens is 248 g/mol. The van der Waals surface area contributed by atoms with Gasteiger partial charge in [0.05, 0.1) is 17.3 Å². The minimum absolute atomic E-state index is 0.00424. The number of pyridine rings is 1. The van der Waals surface area contributed by atoms with E-state index in [-0.39, 0.29) is 6.04 Å². The summed E-state index contributed by atoms with van der Waals surface area (Å²) in [6.07, 6.45) is 2.51. The molecule has 3 nitrogen and oxygen atoms in total. The minimum Gasteiger partial charge on any atom is -0.389 e. The number of rotatable bonds is 6. The largest absolute Gasteiger partial charge is 0.389 e. The molecule has 2 aromatic rings. The molecule has 2 rings (SSSR count). The molecule has 1 aromatic heterocycles. The van der Waals surface area contributed by atoms with Crippen molar-refractivity contribution < 1.29 is 5.11 Å². The molecule has 106 valence electrons. The fourth-order valence-electron chi connectivity index (χ4n) is 2.03. The normalized spacial score (nSPS) is 15.6. The predicted molar refractivity (Wildman–Crippen MR) is 81.4 cm³/mol. The molecule has 1 heterocycles. The van der Waals surface area contributed by atoms with E-state index < -0.39 is 5.60 Å². The smallest absolute Gasteiger partial charge is 0.0752 e. The van der Waals surface area contributed by atoms with Gasteiger partial charge in [0, 0.05) is 12.7 Å². The van der Waals surface area contributed by atoms with E-state index in [0.717, 1.165) is 11.3 Å². The Balaban J connectivity index is 2.22. The summed E-state index contributed by atoms with van der Waals surface area (Å²) in [7, 11) is 0.